The van der Waals surface area contributed by atoms with Crippen molar-refractivity contribution in [2.45, 2.75) is 0 Å². The van der Waals surface area contributed by atoms with Gasteiger partial charge in [0.2, 0.25) is 0 Å². The SMILES string of the molecule is O=[Si]=O.O=[Si]=O.[Li+].[Li+].[O-2]. The quantitative estimate of drug-likeness (QED) is 0.320. The minimum atomic E-state index is -1.42. The van der Waals surface area contributed by atoms with Gasteiger partial charge in [0.25, 0.3) is 0 Å². The van der Waals surface area contributed by atoms with Gasteiger partial charge < -0.3 is 5.48 Å². The van der Waals surface area contributed by atoms with Crippen molar-refractivity contribution in [2.24, 2.45) is 0 Å². The van der Waals surface area contributed by atoms with E-state index in [0.29, 0.717) is 0 Å². The summed E-state index contributed by atoms with van der Waals surface area (Å²) in [6, 6.07) is 0. The molecule has 0 aromatic heterocycles. The zero-order valence-electron chi connectivity index (χ0n) is 5.04. The van der Waals surface area contributed by atoms with Gasteiger partial charge in [0.1, 0.15) is 0 Å². The molecule has 0 bridgehead atoms. The molecule has 0 aliphatic carbocycles. The van der Waals surface area contributed by atoms with E-state index in [4.69, 9.17) is 17.8 Å². The van der Waals surface area contributed by atoms with E-state index in [9.17, 15) is 0 Å². The van der Waals surface area contributed by atoms with Crippen molar-refractivity contribution in [3.63, 3.8) is 0 Å². The molecule has 0 atom stereocenters. The fourth-order valence-corrected chi connectivity index (χ4v) is 0. The zero-order chi connectivity index (χ0) is 5.41. The smallest absolute Gasteiger partial charge is 1.00 e. The van der Waals surface area contributed by atoms with E-state index in [-0.39, 0.29) is 43.2 Å². The first kappa shape index (κ1) is 33.0. The predicted molar refractivity (Wildman–Crippen MR) is 14.9 cm³/mol. The second-order valence-corrected chi connectivity index (χ2v) is 0.500. The molecule has 0 aliphatic heterocycles. The molecule has 0 rings (SSSR count). The van der Waals surface area contributed by atoms with Gasteiger partial charge >= 0.3 is 56.3 Å². The molecule has 0 amide bonds. The fraction of sp³-hybridized carbons (Fsp3) is 0. The van der Waals surface area contributed by atoms with Crippen molar-refractivity contribution in [3.05, 3.63) is 0 Å². The van der Waals surface area contributed by atoms with Crippen LogP contribution in [-0.2, 0) is 23.3 Å². The van der Waals surface area contributed by atoms with Crippen molar-refractivity contribution < 1.29 is 61.0 Å². The first-order chi connectivity index (χ1) is 2.83. The molecule has 9 heavy (non-hydrogen) atoms. The Kier molecular flexibility index (Phi) is 251. The Bertz CT molecular complexity index is 67.0. The first-order valence-corrected chi connectivity index (χ1v) is 2.45. The normalized spacial score (nSPS) is 1.78. The topological polar surface area (TPSA) is 96.8 Å². The Morgan fingerprint density at radius 2 is 0.667 bits per heavy atom. The average Bonchev–Trinajstić information content (AvgIpc) is 1.39. The largest absolute Gasteiger partial charge is 2.00 e. The van der Waals surface area contributed by atoms with Gasteiger partial charge in [0, 0.05) is 0 Å². The van der Waals surface area contributed by atoms with E-state index in [1.165, 1.54) is 0 Å². The van der Waals surface area contributed by atoms with E-state index in [1.54, 1.807) is 0 Å². The first-order valence-electron chi connectivity index (χ1n) is 0.816. The molecule has 0 saturated carbocycles. The van der Waals surface area contributed by atoms with Gasteiger partial charge in [-0.05, 0) is 0 Å². The predicted octanol–water partition coefficient (Wildman–Crippen LogP) is -7.35. The van der Waals surface area contributed by atoms with Crippen molar-refractivity contribution in [2.75, 3.05) is 0 Å². The van der Waals surface area contributed by atoms with Gasteiger partial charge in [-0.15, -0.1) is 0 Å². The van der Waals surface area contributed by atoms with Gasteiger partial charge in [0.05, 0.1) is 0 Å². The van der Waals surface area contributed by atoms with E-state index in [0.717, 1.165) is 0 Å². The van der Waals surface area contributed by atoms with Crippen LogP contribution in [0.5, 0.6) is 0 Å². The van der Waals surface area contributed by atoms with Crippen LogP contribution in [-0.4, -0.2) is 18.6 Å². The molecule has 0 radical (unpaired) electrons. The summed E-state index contributed by atoms with van der Waals surface area (Å²) < 4.78 is 33.6. The molecule has 5 nitrogen and oxygen atoms in total. The van der Waals surface area contributed by atoms with Gasteiger partial charge in [-0.25, -0.2) is 0 Å². The van der Waals surface area contributed by atoms with Crippen molar-refractivity contribution in [1.82, 2.24) is 0 Å². The summed E-state index contributed by atoms with van der Waals surface area (Å²) in [4.78, 5) is 0. The molecular weight excluding hydrogens is 150 g/mol. The molecule has 0 saturated heterocycles. The van der Waals surface area contributed by atoms with Gasteiger partial charge in [-0.2, -0.15) is 0 Å². The van der Waals surface area contributed by atoms with Crippen LogP contribution >= 0.6 is 0 Å². The third kappa shape index (κ3) is 651. The molecule has 0 spiro atoms. The maximum Gasteiger partial charge on any atom is 1.00 e. The molecule has 0 N–H and O–H groups in total. The summed E-state index contributed by atoms with van der Waals surface area (Å²) in [5.74, 6) is 0. The van der Waals surface area contributed by atoms with Crippen LogP contribution in [0, 0.1) is 0 Å². The molecule has 40 valence electrons. The number of rotatable bonds is 0. The molecule has 0 fully saturated rings. The second-order valence-electron chi connectivity index (χ2n) is 0.167. The Balaban J connectivity index is -0.00000000889. The monoisotopic (exact) mass is 150 g/mol. The Morgan fingerprint density at radius 3 is 0.667 bits per heavy atom. The molecular formula is Li2O5Si2. The Labute approximate surface area is 79.5 Å². The van der Waals surface area contributed by atoms with Crippen LogP contribution in [0.15, 0.2) is 0 Å². The van der Waals surface area contributed by atoms with Gasteiger partial charge in [-0.3, -0.25) is 17.8 Å². The van der Waals surface area contributed by atoms with Gasteiger partial charge in [0.15, 0.2) is 0 Å². The van der Waals surface area contributed by atoms with Crippen molar-refractivity contribution in [1.29, 1.82) is 0 Å². The third-order valence-electron chi connectivity index (χ3n) is 0. The van der Waals surface area contributed by atoms with Crippen LogP contribution in [0.3, 0.4) is 0 Å². The third-order valence-corrected chi connectivity index (χ3v) is 0. The molecule has 0 aliphatic rings. The van der Waals surface area contributed by atoms with Crippen molar-refractivity contribution >= 4 is 18.6 Å². The standard InChI is InChI=1S/2Li.2O2Si.O/c;;2*1-3-2;/q2*+1;;;-2. The summed E-state index contributed by atoms with van der Waals surface area (Å²) in [6.07, 6.45) is 0. The average molecular weight is 150 g/mol. The molecule has 0 aromatic carbocycles. The molecule has 0 unspecified atom stereocenters. The van der Waals surface area contributed by atoms with Crippen LogP contribution in [0.2, 0.25) is 0 Å². The van der Waals surface area contributed by atoms with E-state index in [1.807, 2.05) is 0 Å². The van der Waals surface area contributed by atoms with Crippen LogP contribution in [0.1, 0.15) is 0 Å². The number of hydrogen-bond acceptors (Lipinski definition) is 4. The minimum absolute atomic E-state index is 0. The van der Waals surface area contributed by atoms with Crippen LogP contribution < -0.4 is 37.7 Å². The second kappa shape index (κ2) is 68.6. The van der Waals surface area contributed by atoms with E-state index < -0.39 is 18.6 Å². The maximum atomic E-state index is 8.40. The molecule has 9 heteroatoms. The van der Waals surface area contributed by atoms with Crippen LogP contribution in [0.25, 0.3) is 0 Å². The molecule has 0 aromatic rings. The fourth-order valence-electron chi connectivity index (χ4n) is 0. The summed E-state index contributed by atoms with van der Waals surface area (Å²) in [6.45, 7) is 0. The zero-order valence-corrected chi connectivity index (χ0v) is 7.04. The molecule has 0 heterocycles. The summed E-state index contributed by atoms with van der Waals surface area (Å²) >= 11 is 0. The van der Waals surface area contributed by atoms with E-state index >= 15 is 0 Å². The maximum absolute atomic E-state index is 8.40. The van der Waals surface area contributed by atoms with Crippen LogP contribution in [0.4, 0.5) is 0 Å². The van der Waals surface area contributed by atoms with Crippen molar-refractivity contribution in [3.8, 4) is 0 Å². The summed E-state index contributed by atoms with van der Waals surface area (Å²) in [7, 11) is -2.83. The summed E-state index contributed by atoms with van der Waals surface area (Å²) in [5, 5.41) is 0. The van der Waals surface area contributed by atoms with E-state index in [2.05, 4.69) is 0 Å². The Hall–Kier alpha value is 0.789. The Morgan fingerprint density at radius 1 is 0.667 bits per heavy atom. The minimum Gasteiger partial charge on any atom is -2.00 e. The van der Waals surface area contributed by atoms with Gasteiger partial charge in [-0.1, -0.05) is 0 Å². The number of hydrogen-bond donors (Lipinski definition) is 0. The summed E-state index contributed by atoms with van der Waals surface area (Å²) in [5.41, 5.74) is 0.